The van der Waals surface area contributed by atoms with Gasteiger partial charge in [0, 0.05) is 11.6 Å². The molecule has 2 aromatic rings. The van der Waals surface area contributed by atoms with Crippen LogP contribution in [0.2, 0.25) is 0 Å². The van der Waals surface area contributed by atoms with Gasteiger partial charge < -0.3 is 20.4 Å². The Bertz CT molecular complexity index is 761. The number of carboxylic acids is 1. The van der Waals surface area contributed by atoms with Crippen molar-refractivity contribution in [3.63, 3.8) is 0 Å². The lowest BCUT2D eigenvalue weighted by Crippen LogP contribution is -2.21. The molecular formula is C14H15N3O4. The van der Waals surface area contributed by atoms with Crippen LogP contribution in [0.1, 0.15) is 19.3 Å². The predicted molar refractivity (Wildman–Crippen MR) is 76.0 cm³/mol. The quantitative estimate of drug-likeness (QED) is 0.681. The van der Waals surface area contributed by atoms with Crippen LogP contribution in [0.25, 0.3) is 11.0 Å². The van der Waals surface area contributed by atoms with Crippen LogP contribution in [0, 0.1) is 11.8 Å². The van der Waals surface area contributed by atoms with Crippen molar-refractivity contribution in [2.75, 3.05) is 5.32 Å². The topological polar surface area (TPSA) is 115 Å². The number of amides is 1. The standard InChI is InChI=1S/C14H15N3O4/c18-12(7-1-2-8(5-7)13(19)20)15-9-3-4-10-11(6-9)17-14(21)16-10/h3-4,6-8H,1-2,5H2,(H,15,18)(H,19,20)(H2,16,17,21). The fourth-order valence-corrected chi connectivity index (χ4v) is 2.80. The Kier molecular flexibility index (Phi) is 3.25. The van der Waals surface area contributed by atoms with E-state index >= 15 is 0 Å². The molecule has 1 saturated carbocycles. The average molecular weight is 289 g/mol. The molecule has 0 bridgehead atoms. The summed E-state index contributed by atoms with van der Waals surface area (Å²) in [5.41, 5.74) is 1.58. The highest BCUT2D eigenvalue weighted by molar-refractivity contribution is 5.95. The second kappa shape index (κ2) is 5.08. The summed E-state index contributed by atoms with van der Waals surface area (Å²) < 4.78 is 0. The number of imidazole rings is 1. The summed E-state index contributed by atoms with van der Waals surface area (Å²) in [7, 11) is 0. The lowest BCUT2D eigenvalue weighted by atomic mass is 10.0. The van der Waals surface area contributed by atoms with E-state index in [0.29, 0.717) is 36.0 Å². The van der Waals surface area contributed by atoms with Crippen LogP contribution < -0.4 is 11.0 Å². The fraction of sp³-hybridized carbons (Fsp3) is 0.357. The van der Waals surface area contributed by atoms with Crippen LogP contribution in [0.4, 0.5) is 5.69 Å². The molecule has 110 valence electrons. The summed E-state index contributed by atoms with van der Waals surface area (Å²) in [6.07, 6.45) is 1.51. The number of carbonyl (C=O) groups is 2. The number of hydrogen-bond donors (Lipinski definition) is 4. The minimum Gasteiger partial charge on any atom is -0.481 e. The van der Waals surface area contributed by atoms with Crippen molar-refractivity contribution in [1.29, 1.82) is 0 Å². The minimum atomic E-state index is -0.836. The molecule has 3 rings (SSSR count). The molecule has 1 heterocycles. The number of nitrogens with one attached hydrogen (secondary N) is 3. The normalized spacial score (nSPS) is 21.5. The molecule has 7 heteroatoms. The van der Waals surface area contributed by atoms with E-state index in [1.807, 2.05) is 0 Å². The molecule has 1 fully saturated rings. The van der Waals surface area contributed by atoms with E-state index in [1.54, 1.807) is 18.2 Å². The van der Waals surface area contributed by atoms with E-state index in [0.717, 1.165) is 0 Å². The Labute approximate surface area is 119 Å². The van der Waals surface area contributed by atoms with Crippen molar-refractivity contribution in [2.24, 2.45) is 11.8 Å². The van der Waals surface area contributed by atoms with Crippen molar-refractivity contribution >= 4 is 28.6 Å². The fourth-order valence-electron chi connectivity index (χ4n) is 2.80. The van der Waals surface area contributed by atoms with Crippen LogP contribution in [-0.2, 0) is 9.59 Å². The molecule has 0 spiro atoms. The van der Waals surface area contributed by atoms with Crippen LogP contribution in [-0.4, -0.2) is 27.0 Å². The number of aliphatic carboxylic acids is 1. The number of H-pyrrole nitrogens is 2. The Morgan fingerprint density at radius 2 is 1.86 bits per heavy atom. The van der Waals surface area contributed by atoms with Gasteiger partial charge in [-0.05, 0) is 37.5 Å². The maximum absolute atomic E-state index is 12.1. The third kappa shape index (κ3) is 2.67. The first kappa shape index (κ1) is 13.4. The Morgan fingerprint density at radius 1 is 1.14 bits per heavy atom. The number of carboxylic acid groups (broad SMARTS) is 1. The van der Waals surface area contributed by atoms with Crippen molar-refractivity contribution in [2.45, 2.75) is 19.3 Å². The summed E-state index contributed by atoms with van der Waals surface area (Å²) in [5.74, 6) is -1.70. The molecule has 2 atom stereocenters. The maximum Gasteiger partial charge on any atom is 0.323 e. The summed E-state index contributed by atoms with van der Waals surface area (Å²) in [5, 5.41) is 11.7. The highest BCUT2D eigenvalue weighted by Crippen LogP contribution is 2.32. The smallest absolute Gasteiger partial charge is 0.323 e. The Morgan fingerprint density at radius 3 is 2.57 bits per heavy atom. The molecular weight excluding hydrogens is 274 g/mol. The lowest BCUT2D eigenvalue weighted by Gasteiger charge is -2.10. The van der Waals surface area contributed by atoms with Gasteiger partial charge in [-0.25, -0.2) is 4.79 Å². The van der Waals surface area contributed by atoms with Crippen LogP contribution in [0.15, 0.2) is 23.0 Å². The van der Waals surface area contributed by atoms with Gasteiger partial charge in [0.2, 0.25) is 5.91 Å². The predicted octanol–water partition coefficient (Wildman–Crippen LogP) is 1.30. The summed E-state index contributed by atoms with van der Waals surface area (Å²) in [6, 6.07) is 5.08. The molecule has 2 unspecified atom stereocenters. The molecule has 7 nitrogen and oxygen atoms in total. The first-order valence-corrected chi connectivity index (χ1v) is 6.78. The van der Waals surface area contributed by atoms with E-state index in [1.165, 1.54) is 0 Å². The third-order valence-corrected chi connectivity index (χ3v) is 3.94. The molecule has 1 amide bonds. The molecule has 0 radical (unpaired) electrons. The van der Waals surface area contributed by atoms with Gasteiger partial charge >= 0.3 is 11.7 Å². The number of benzene rings is 1. The molecule has 1 aromatic heterocycles. The lowest BCUT2D eigenvalue weighted by molar-refractivity contribution is -0.141. The number of aromatic amines is 2. The first-order valence-electron chi connectivity index (χ1n) is 6.78. The minimum absolute atomic E-state index is 0.170. The number of rotatable bonds is 3. The Hall–Kier alpha value is -2.57. The number of fused-ring (bicyclic) bond motifs is 1. The summed E-state index contributed by atoms with van der Waals surface area (Å²) >= 11 is 0. The number of hydrogen-bond acceptors (Lipinski definition) is 3. The van der Waals surface area contributed by atoms with E-state index in [9.17, 15) is 14.4 Å². The number of anilines is 1. The number of aromatic nitrogens is 2. The molecule has 21 heavy (non-hydrogen) atoms. The van der Waals surface area contributed by atoms with Crippen molar-refractivity contribution in [1.82, 2.24) is 9.97 Å². The zero-order valence-corrected chi connectivity index (χ0v) is 11.2. The number of carbonyl (C=O) groups excluding carboxylic acids is 1. The van der Waals surface area contributed by atoms with Crippen LogP contribution in [0.5, 0.6) is 0 Å². The first-order chi connectivity index (χ1) is 10.0. The maximum atomic E-state index is 12.1. The van der Waals surface area contributed by atoms with Gasteiger partial charge in [-0.1, -0.05) is 0 Å². The van der Waals surface area contributed by atoms with Gasteiger partial charge in [-0.3, -0.25) is 9.59 Å². The van der Waals surface area contributed by atoms with Gasteiger partial charge in [0.25, 0.3) is 0 Å². The van der Waals surface area contributed by atoms with E-state index in [2.05, 4.69) is 15.3 Å². The van der Waals surface area contributed by atoms with Gasteiger partial charge in [0.15, 0.2) is 0 Å². The van der Waals surface area contributed by atoms with Crippen molar-refractivity contribution < 1.29 is 14.7 Å². The van der Waals surface area contributed by atoms with Gasteiger partial charge in [-0.15, -0.1) is 0 Å². The van der Waals surface area contributed by atoms with E-state index < -0.39 is 11.9 Å². The zero-order valence-electron chi connectivity index (χ0n) is 11.2. The Balaban J connectivity index is 1.71. The van der Waals surface area contributed by atoms with Gasteiger partial charge in [0.1, 0.15) is 0 Å². The second-order valence-electron chi connectivity index (χ2n) is 5.37. The van der Waals surface area contributed by atoms with Crippen molar-refractivity contribution in [3.8, 4) is 0 Å². The zero-order chi connectivity index (χ0) is 15.0. The summed E-state index contributed by atoms with van der Waals surface area (Å²) in [6.45, 7) is 0. The van der Waals surface area contributed by atoms with Gasteiger partial charge in [0.05, 0.1) is 17.0 Å². The van der Waals surface area contributed by atoms with Crippen LogP contribution >= 0.6 is 0 Å². The molecule has 1 aliphatic carbocycles. The highest BCUT2D eigenvalue weighted by atomic mass is 16.4. The SMILES string of the molecule is O=C(O)C1CCC(C(=O)Nc2ccc3[nH]c(=O)[nH]c3c2)C1. The van der Waals surface area contributed by atoms with E-state index in [-0.39, 0.29) is 17.5 Å². The third-order valence-electron chi connectivity index (χ3n) is 3.94. The molecule has 1 aliphatic rings. The summed E-state index contributed by atoms with van der Waals surface area (Å²) in [4.78, 5) is 39.5. The molecule has 4 N–H and O–H groups in total. The molecule has 0 aliphatic heterocycles. The molecule has 0 saturated heterocycles. The monoisotopic (exact) mass is 289 g/mol. The van der Waals surface area contributed by atoms with E-state index in [4.69, 9.17) is 5.11 Å². The largest absolute Gasteiger partial charge is 0.481 e. The second-order valence-corrected chi connectivity index (χ2v) is 5.37. The van der Waals surface area contributed by atoms with Crippen LogP contribution in [0.3, 0.4) is 0 Å². The highest BCUT2D eigenvalue weighted by Gasteiger charge is 2.33. The molecule has 1 aromatic carbocycles. The van der Waals surface area contributed by atoms with Gasteiger partial charge in [-0.2, -0.15) is 0 Å². The van der Waals surface area contributed by atoms with Crippen molar-refractivity contribution in [3.05, 3.63) is 28.7 Å². The average Bonchev–Trinajstić information content (AvgIpc) is 3.03.